The Balaban J connectivity index is 1.74. The Bertz CT molecular complexity index is 1410. The Hall–Kier alpha value is -3.59. The lowest BCUT2D eigenvalue weighted by atomic mass is 10.1. The molecule has 3 aromatic rings. The van der Waals surface area contributed by atoms with Gasteiger partial charge in [-0.3, -0.25) is 10.1 Å². The summed E-state index contributed by atoms with van der Waals surface area (Å²) in [7, 11) is -3.57. The van der Waals surface area contributed by atoms with Crippen LogP contribution in [0.15, 0.2) is 52.4 Å². The molecule has 1 heterocycles. The molecule has 1 N–H and O–H groups in total. The number of hydrogen-bond acceptors (Lipinski definition) is 9. The first-order valence-corrected chi connectivity index (χ1v) is 12.2. The fourth-order valence-corrected chi connectivity index (χ4v) is 4.16. The number of benzene rings is 2. The van der Waals surface area contributed by atoms with E-state index in [9.17, 15) is 23.3 Å². The molecule has 2 aromatic carbocycles. The average Bonchev–Trinajstić information content (AvgIpc) is 3.23. The van der Waals surface area contributed by atoms with Crippen LogP contribution in [0.25, 0.3) is 6.08 Å². The molecular formula is C21H15ClN4O5S2. The van der Waals surface area contributed by atoms with Crippen LogP contribution in [0.3, 0.4) is 0 Å². The number of carbonyl (C=O) groups is 2. The monoisotopic (exact) mass is 502 g/mol. The van der Waals surface area contributed by atoms with Gasteiger partial charge >= 0.3 is 5.97 Å². The van der Waals surface area contributed by atoms with Crippen LogP contribution in [0.5, 0.6) is 5.75 Å². The number of anilines is 1. The maximum Gasteiger partial charge on any atom is 0.343 e. The Labute approximate surface area is 198 Å². The molecule has 0 aliphatic rings. The molecule has 0 saturated carbocycles. The van der Waals surface area contributed by atoms with Crippen molar-refractivity contribution >= 4 is 55.9 Å². The van der Waals surface area contributed by atoms with Crippen LogP contribution in [0, 0.1) is 18.3 Å². The normalized spacial score (nSPS) is 11.5. The zero-order valence-electron chi connectivity index (χ0n) is 17.2. The molecule has 0 bridgehead atoms. The highest BCUT2D eigenvalue weighted by molar-refractivity contribution is 7.92. The smallest absolute Gasteiger partial charge is 0.343 e. The molecule has 0 aliphatic heterocycles. The van der Waals surface area contributed by atoms with Crippen LogP contribution in [0.2, 0.25) is 5.02 Å². The second-order valence-electron chi connectivity index (χ2n) is 6.71. The summed E-state index contributed by atoms with van der Waals surface area (Å²) >= 11 is 6.87. The number of carbonyl (C=O) groups excluding carboxylic acids is 2. The number of rotatable bonds is 6. The van der Waals surface area contributed by atoms with Gasteiger partial charge < -0.3 is 4.74 Å². The van der Waals surface area contributed by atoms with E-state index in [1.807, 2.05) is 6.92 Å². The maximum atomic E-state index is 12.4. The van der Waals surface area contributed by atoms with E-state index < -0.39 is 21.7 Å². The second-order valence-corrected chi connectivity index (χ2v) is 10.3. The predicted octanol–water partition coefficient (Wildman–Crippen LogP) is 3.67. The molecule has 3 rings (SSSR count). The van der Waals surface area contributed by atoms with Gasteiger partial charge in [0.05, 0.1) is 10.6 Å². The Kier molecular flexibility index (Phi) is 7.23. The minimum absolute atomic E-state index is 0.0713. The molecule has 9 nitrogen and oxygen atoms in total. The van der Waals surface area contributed by atoms with Crippen molar-refractivity contribution in [1.29, 1.82) is 5.26 Å². The molecule has 1 amide bonds. The third-order valence-electron chi connectivity index (χ3n) is 4.07. The van der Waals surface area contributed by atoms with E-state index in [-0.39, 0.29) is 25.8 Å². The number of aromatic nitrogens is 2. The van der Waals surface area contributed by atoms with Gasteiger partial charge in [-0.05, 0) is 42.8 Å². The molecule has 12 heteroatoms. The predicted molar refractivity (Wildman–Crippen MR) is 123 cm³/mol. The van der Waals surface area contributed by atoms with Gasteiger partial charge in [-0.15, -0.1) is 10.2 Å². The molecule has 0 atom stereocenters. The Morgan fingerprint density at radius 1 is 1.18 bits per heavy atom. The zero-order chi connectivity index (χ0) is 24.2. The number of ether oxygens (including phenoxy) is 1. The second kappa shape index (κ2) is 9.91. The van der Waals surface area contributed by atoms with Crippen molar-refractivity contribution in [3.8, 4) is 11.8 Å². The van der Waals surface area contributed by atoms with Gasteiger partial charge in [0, 0.05) is 6.26 Å². The molecule has 0 aliphatic carbocycles. The van der Waals surface area contributed by atoms with E-state index in [4.69, 9.17) is 16.3 Å². The summed E-state index contributed by atoms with van der Waals surface area (Å²) in [5, 5.41) is 18.8. The van der Waals surface area contributed by atoms with Crippen LogP contribution in [-0.4, -0.2) is 36.7 Å². The van der Waals surface area contributed by atoms with Crippen molar-refractivity contribution in [1.82, 2.24) is 10.2 Å². The van der Waals surface area contributed by atoms with E-state index in [0.717, 1.165) is 11.8 Å². The number of amides is 1. The molecule has 0 saturated heterocycles. The fourth-order valence-electron chi connectivity index (χ4n) is 2.43. The van der Waals surface area contributed by atoms with Gasteiger partial charge in [-0.25, -0.2) is 13.2 Å². The topological polar surface area (TPSA) is 139 Å². The Morgan fingerprint density at radius 2 is 1.88 bits per heavy atom. The minimum Gasteiger partial charge on any atom is -0.421 e. The summed E-state index contributed by atoms with van der Waals surface area (Å²) in [5.41, 5.74) is 1.47. The average molecular weight is 503 g/mol. The number of nitrogens with one attached hydrogen (secondary N) is 1. The largest absolute Gasteiger partial charge is 0.421 e. The lowest BCUT2D eigenvalue weighted by Crippen LogP contribution is -2.13. The number of sulfone groups is 1. The number of esters is 1. The van der Waals surface area contributed by atoms with Crippen LogP contribution >= 0.6 is 22.9 Å². The van der Waals surface area contributed by atoms with Crippen molar-refractivity contribution in [3.63, 3.8) is 0 Å². The first-order valence-electron chi connectivity index (χ1n) is 9.12. The number of nitriles is 1. The van der Waals surface area contributed by atoms with E-state index in [1.54, 1.807) is 30.3 Å². The van der Waals surface area contributed by atoms with Crippen LogP contribution in [0.1, 0.15) is 21.5 Å². The highest BCUT2D eigenvalue weighted by atomic mass is 35.5. The lowest BCUT2D eigenvalue weighted by molar-refractivity contribution is -0.112. The minimum atomic E-state index is -3.57. The van der Waals surface area contributed by atoms with Gasteiger partial charge in [0.2, 0.25) is 19.3 Å². The molecule has 0 spiro atoms. The molecule has 168 valence electrons. The first-order chi connectivity index (χ1) is 15.6. The summed E-state index contributed by atoms with van der Waals surface area (Å²) in [5.74, 6) is -1.27. The van der Waals surface area contributed by atoms with Crippen molar-refractivity contribution in [2.75, 3.05) is 11.6 Å². The standard InChI is InChI=1S/C21H15ClN4O5S2/c1-12-3-6-14(7-4-12)19(28)31-17-8-5-13(10-16(17)22)9-15(11-23)18(27)24-20-25-26-21(32-20)33(2,29)30/h3-10H,1-2H3,(H,24,25,27). The van der Waals surface area contributed by atoms with Crippen LogP contribution in [0.4, 0.5) is 5.13 Å². The van der Waals surface area contributed by atoms with Crippen LogP contribution in [-0.2, 0) is 14.6 Å². The Morgan fingerprint density at radius 3 is 2.45 bits per heavy atom. The van der Waals surface area contributed by atoms with E-state index in [1.165, 1.54) is 24.3 Å². The highest BCUT2D eigenvalue weighted by Crippen LogP contribution is 2.27. The zero-order valence-corrected chi connectivity index (χ0v) is 19.6. The van der Waals surface area contributed by atoms with Gasteiger partial charge in [0.1, 0.15) is 17.4 Å². The molecule has 0 unspecified atom stereocenters. The summed E-state index contributed by atoms with van der Waals surface area (Å²) < 4.78 is 28.0. The van der Waals surface area contributed by atoms with Crippen molar-refractivity contribution in [3.05, 3.63) is 69.8 Å². The van der Waals surface area contributed by atoms with Crippen molar-refractivity contribution in [2.45, 2.75) is 11.3 Å². The van der Waals surface area contributed by atoms with Gasteiger partial charge in [0.15, 0.2) is 0 Å². The quantitative estimate of drug-likeness (QED) is 0.177. The third-order valence-corrected chi connectivity index (χ3v) is 6.87. The number of hydrogen-bond donors (Lipinski definition) is 1. The number of halogens is 1. The molecular weight excluding hydrogens is 488 g/mol. The molecule has 0 radical (unpaired) electrons. The number of nitrogens with zero attached hydrogens (tertiary/aromatic N) is 3. The first kappa shape index (κ1) is 24.1. The lowest BCUT2D eigenvalue weighted by Gasteiger charge is -2.07. The van der Waals surface area contributed by atoms with E-state index in [2.05, 4.69) is 15.5 Å². The third kappa shape index (κ3) is 6.23. The van der Waals surface area contributed by atoms with E-state index in [0.29, 0.717) is 22.5 Å². The van der Waals surface area contributed by atoms with Crippen molar-refractivity contribution < 1.29 is 22.7 Å². The summed E-state index contributed by atoms with van der Waals surface area (Å²) in [6.07, 6.45) is 2.23. The van der Waals surface area contributed by atoms with Crippen molar-refractivity contribution in [2.24, 2.45) is 0 Å². The molecule has 33 heavy (non-hydrogen) atoms. The highest BCUT2D eigenvalue weighted by Gasteiger charge is 2.18. The maximum absolute atomic E-state index is 12.4. The summed E-state index contributed by atoms with van der Waals surface area (Å²) in [6.45, 7) is 1.90. The van der Waals surface area contributed by atoms with Crippen LogP contribution < -0.4 is 10.1 Å². The van der Waals surface area contributed by atoms with Gasteiger partial charge in [0.25, 0.3) is 5.91 Å². The fraction of sp³-hybridized carbons (Fsp3) is 0.0952. The SMILES string of the molecule is Cc1ccc(C(=O)Oc2ccc(C=C(C#N)C(=O)Nc3nnc(S(C)(=O)=O)s3)cc2Cl)cc1. The number of aryl methyl sites for hydroxylation is 1. The summed E-state index contributed by atoms with van der Waals surface area (Å²) in [4.78, 5) is 24.6. The summed E-state index contributed by atoms with van der Waals surface area (Å²) in [6, 6.07) is 13.0. The molecule has 1 aromatic heterocycles. The molecule has 0 fully saturated rings. The van der Waals surface area contributed by atoms with Gasteiger partial charge in [-0.1, -0.05) is 46.7 Å². The van der Waals surface area contributed by atoms with E-state index >= 15 is 0 Å². The van der Waals surface area contributed by atoms with Gasteiger partial charge in [-0.2, -0.15) is 5.26 Å².